The van der Waals surface area contributed by atoms with Crippen LogP contribution in [0, 0.1) is 16.7 Å². The van der Waals surface area contributed by atoms with Crippen molar-refractivity contribution in [3.05, 3.63) is 23.4 Å². The Morgan fingerprint density at radius 1 is 1.50 bits per heavy atom. The highest BCUT2D eigenvalue weighted by Crippen LogP contribution is 2.27. The SMILES string of the molecule is CC(C)(C)C1=CNCC(C#N)=C1. The Bertz CT molecular complexity index is 271. The lowest BCUT2D eigenvalue weighted by atomic mass is 9.85. The van der Waals surface area contributed by atoms with Gasteiger partial charge in [-0.15, -0.1) is 0 Å². The summed E-state index contributed by atoms with van der Waals surface area (Å²) in [7, 11) is 0. The molecule has 0 aromatic carbocycles. The zero-order valence-corrected chi connectivity index (χ0v) is 7.81. The van der Waals surface area contributed by atoms with Crippen LogP contribution in [-0.2, 0) is 0 Å². The molecule has 0 spiro atoms. The summed E-state index contributed by atoms with van der Waals surface area (Å²) in [5.41, 5.74) is 2.11. The van der Waals surface area contributed by atoms with Gasteiger partial charge in [0.2, 0.25) is 0 Å². The maximum atomic E-state index is 8.69. The Morgan fingerprint density at radius 3 is 2.67 bits per heavy atom. The van der Waals surface area contributed by atoms with Gasteiger partial charge < -0.3 is 5.32 Å². The monoisotopic (exact) mass is 162 g/mol. The summed E-state index contributed by atoms with van der Waals surface area (Å²) in [6, 6.07) is 2.16. The number of hydrogen-bond acceptors (Lipinski definition) is 2. The number of nitriles is 1. The van der Waals surface area contributed by atoms with Gasteiger partial charge in [0.25, 0.3) is 0 Å². The zero-order chi connectivity index (χ0) is 9.19. The number of hydrogen-bond donors (Lipinski definition) is 1. The fourth-order valence-corrected chi connectivity index (χ4v) is 1.06. The molecular weight excluding hydrogens is 148 g/mol. The number of rotatable bonds is 0. The quantitative estimate of drug-likeness (QED) is 0.591. The minimum atomic E-state index is 0.121. The average Bonchev–Trinajstić information content (AvgIpc) is 2.03. The van der Waals surface area contributed by atoms with E-state index in [4.69, 9.17) is 5.26 Å². The minimum absolute atomic E-state index is 0.121. The third kappa shape index (κ3) is 1.88. The van der Waals surface area contributed by atoms with Crippen molar-refractivity contribution in [3.8, 4) is 6.07 Å². The third-order valence-corrected chi connectivity index (χ3v) is 1.89. The van der Waals surface area contributed by atoms with Crippen molar-refractivity contribution >= 4 is 0 Å². The Labute approximate surface area is 73.6 Å². The fraction of sp³-hybridized carbons (Fsp3) is 0.500. The van der Waals surface area contributed by atoms with E-state index in [1.54, 1.807) is 0 Å². The lowest BCUT2D eigenvalue weighted by Crippen LogP contribution is -2.20. The van der Waals surface area contributed by atoms with Crippen molar-refractivity contribution in [1.82, 2.24) is 5.32 Å². The molecule has 0 radical (unpaired) electrons. The molecule has 0 bridgehead atoms. The molecule has 0 aliphatic carbocycles. The first-order valence-corrected chi connectivity index (χ1v) is 4.09. The molecule has 1 rings (SSSR count). The van der Waals surface area contributed by atoms with Crippen LogP contribution in [0.1, 0.15) is 20.8 Å². The summed E-state index contributed by atoms with van der Waals surface area (Å²) in [4.78, 5) is 0. The van der Waals surface area contributed by atoms with Gasteiger partial charge >= 0.3 is 0 Å². The van der Waals surface area contributed by atoms with Crippen molar-refractivity contribution in [2.75, 3.05) is 6.54 Å². The maximum absolute atomic E-state index is 8.69. The Hall–Kier alpha value is -1.23. The first-order chi connectivity index (χ1) is 5.54. The zero-order valence-electron chi connectivity index (χ0n) is 7.81. The van der Waals surface area contributed by atoms with Crippen molar-refractivity contribution in [1.29, 1.82) is 5.26 Å². The van der Waals surface area contributed by atoms with Gasteiger partial charge in [-0.05, 0) is 17.1 Å². The summed E-state index contributed by atoms with van der Waals surface area (Å²) < 4.78 is 0. The highest BCUT2D eigenvalue weighted by Gasteiger charge is 2.17. The lowest BCUT2D eigenvalue weighted by molar-refractivity contribution is 0.510. The second-order valence-electron chi connectivity index (χ2n) is 4.01. The van der Waals surface area contributed by atoms with Crippen molar-refractivity contribution in [3.63, 3.8) is 0 Å². The molecule has 0 fully saturated rings. The van der Waals surface area contributed by atoms with Crippen LogP contribution in [0.4, 0.5) is 0 Å². The maximum Gasteiger partial charge on any atom is 0.0966 e. The molecule has 1 heterocycles. The van der Waals surface area contributed by atoms with Gasteiger partial charge in [-0.3, -0.25) is 0 Å². The van der Waals surface area contributed by atoms with Crippen LogP contribution >= 0.6 is 0 Å². The van der Waals surface area contributed by atoms with Crippen molar-refractivity contribution < 1.29 is 0 Å². The van der Waals surface area contributed by atoms with Gasteiger partial charge in [-0.2, -0.15) is 5.26 Å². The van der Waals surface area contributed by atoms with E-state index in [2.05, 4.69) is 32.2 Å². The molecule has 12 heavy (non-hydrogen) atoms. The number of nitrogens with zero attached hydrogens (tertiary/aromatic N) is 1. The van der Waals surface area contributed by atoms with Crippen molar-refractivity contribution in [2.45, 2.75) is 20.8 Å². The van der Waals surface area contributed by atoms with Crippen LogP contribution in [0.3, 0.4) is 0 Å². The van der Waals surface area contributed by atoms with Gasteiger partial charge in [0.05, 0.1) is 6.07 Å². The highest BCUT2D eigenvalue weighted by atomic mass is 14.8. The fourth-order valence-electron chi connectivity index (χ4n) is 1.06. The number of dihydropyridines is 1. The molecule has 0 unspecified atom stereocenters. The van der Waals surface area contributed by atoms with Gasteiger partial charge in [0.15, 0.2) is 0 Å². The molecule has 0 amide bonds. The van der Waals surface area contributed by atoms with Gasteiger partial charge in [-0.25, -0.2) is 0 Å². The van der Waals surface area contributed by atoms with Gasteiger partial charge in [-0.1, -0.05) is 20.8 Å². The van der Waals surface area contributed by atoms with Gasteiger partial charge in [0.1, 0.15) is 0 Å². The lowest BCUT2D eigenvalue weighted by Gasteiger charge is -2.23. The van der Waals surface area contributed by atoms with Crippen LogP contribution in [0.25, 0.3) is 0 Å². The summed E-state index contributed by atoms with van der Waals surface area (Å²) in [5, 5.41) is 11.8. The van der Waals surface area contributed by atoms with Crippen LogP contribution in [0.15, 0.2) is 23.4 Å². The summed E-state index contributed by atoms with van der Waals surface area (Å²) in [5.74, 6) is 0. The molecule has 0 atom stereocenters. The minimum Gasteiger partial charge on any atom is -0.386 e. The average molecular weight is 162 g/mol. The molecule has 0 saturated carbocycles. The van der Waals surface area contributed by atoms with Crippen LogP contribution < -0.4 is 5.32 Å². The largest absolute Gasteiger partial charge is 0.386 e. The van der Waals surface area contributed by atoms with Crippen LogP contribution in [-0.4, -0.2) is 6.54 Å². The van der Waals surface area contributed by atoms with E-state index in [0.29, 0.717) is 6.54 Å². The predicted molar refractivity (Wildman–Crippen MR) is 49.2 cm³/mol. The number of allylic oxidation sites excluding steroid dienone is 2. The molecule has 1 aliphatic heterocycles. The first-order valence-electron chi connectivity index (χ1n) is 4.09. The highest BCUT2D eigenvalue weighted by molar-refractivity contribution is 5.38. The van der Waals surface area contributed by atoms with E-state index < -0.39 is 0 Å². The molecule has 64 valence electrons. The topological polar surface area (TPSA) is 35.8 Å². The molecule has 2 heteroatoms. The van der Waals surface area contributed by atoms with E-state index in [1.165, 1.54) is 5.57 Å². The number of nitrogens with one attached hydrogen (secondary N) is 1. The van der Waals surface area contributed by atoms with Crippen molar-refractivity contribution in [2.24, 2.45) is 5.41 Å². The van der Waals surface area contributed by atoms with Crippen LogP contribution in [0.2, 0.25) is 0 Å². The predicted octanol–water partition coefficient (Wildman–Crippen LogP) is 1.97. The molecular formula is C10H14N2. The van der Waals surface area contributed by atoms with E-state index in [0.717, 1.165) is 5.57 Å². The first kappa shape index (κ1) is 8.86. The second-order valence-corrected chi connectivity index (χ2v) is 4.01. The molecule has 2 nitrogen and oxygen atoms in total. The molecule has 1 N–H and O–H groups in total. The summed E-state index contributed by atoms with van der Waals surface area (Å²) in [6.07, 6.45) is 3.96. The van der Waals surface area contributed by atoms with Crippen LogP contribution in [0.5, 0.6) is 0 Å². The Morgan fingerprint density at radius 2 is 2.17 bits per heavy atom. The molecule has 0 saturated heterocycles. The third-order valence-electron chi connectivity index (χ3n) is 1.89. The smallest absolute Gasteiger partial charge is 0.0966 e. The standard InChI is InChI=1S/C10H14N2/c1-10(2,3)9-4-8(5-11)6-12-7-9/h4,7,12H,6H2,1-3H3. The molecule has 0 aromatic heterocycles. The van der Waals surface area contributed by atoms with E-state index in [-0.39, 0.29) is 5.41 Å². The summed E-state index contributed by atoms with van der Waals surface area (Å²) >= 11 is 0. The van der Waals surface area contributed by atoms with E-state index in [1.807, 2.05) is 12.3 Å². The van der Waals surface area contributed by atoms with E-state index >= 15 is 0 Å². The normalized spacial score (nSPS) is 17.2. The van der Waals surface area contributed by atoms with E-state index in [9.17, 15) is 0 Å². The van der Waals surface area contributed by atoms with Gasteiger partial charge in [0, 0.05) is 18.3 Å². The Kier molecular flexibility index (Phi) is 2.23. The second kappa shape index (κ2) is 3.02. The summed E-state index contributed by atoms with van der Waals surface area (Å²) in [6.45, 7) is 7.07. The molecule has 0 aromatic rings. The Balaban J connectivity index is 2.89. The molecule has 1 aliphatic rings.